The van der Waals surface area contributed by atoms with Crippen LogP contribution in [0.15, 0.2) is 23.3 Å². The molecule has 1 aromatic rings. The first-order chi connectivity index (χ1) is 8.41. The van der Waals surface area contributed by atoms with Gasteiger partial charge in [-0.05, 0) is 6.07 Å². The number of nitrogens with zero attached hydrogens (tertiary/aromatic N) is 3. The van der Waals surface area contributed by atoms with Gasteiger partial charge in [0.2, 0.25) is 0 Å². The third-order valence-electron chi connectivity index (χ3n) is 1.75. The van der Waals surface area contributed by atoms with Gasteiger partial charge >= 0.3 is 11.7 Å². The molecule has 2 N–H and O–H groups in total. The van der Waals surface area contributed by atoms with Gasteiger partial charge in [0.25, 0.3) is 5.69 Å². The Morgan fingerprint density at radius 3 is 2.50 bits per heavy atom. The van der Waals surface area contributed by atoms with E-state index in [0.717, 1.165) is 18.2 Å². The molecular formula is C8H6N4O6. The molecule has 1 aromatic carbocycles. The van der Waals surface area contributed by atoms with Crippen molar-refractivity contribution in [3.05, 3.63) is 38.4 Å². The minimum Gasteiger partial charge on any atom is -0.477 e. The number of hydrazone groups is 1. The highest BCUT2D eigenvalue weighted by molar-refractivity contribution is 6.22. The van der Waals surface area contributed by atoms with E-state index >= 15 is 0 Å². The normalized spacial score (nSPS) is 10.2. The van der Waals surface area contributed by atoms with E-state index < -0.39 is 27.2 Å². The Kier molecular flexibility index (Phi) is 3.86. The second kappa shape index (κ2) is 5.34. The quantitative estimate of drug-likeness (QED) is 0.452. The first-order valence-corrected chi connectivity index (χ1v) is 4.36. The number of aliphatic carboxylic acids is 1. The lowest BCUT2D eigenvalue weighted by Crippen LogP contribution is -2.01. The van der Waals surface area contributed by atoms with Gasteiger partial charge in [0.05, 0.1) is 15.9 Å². The van der Waals surface area contributed by atoms with Crippen molar-refractivity contribution in [2.75, 3.05) is 5.43 Å². The van der Waals surface area contributed by atoms with Crippen molar-refractivity contribution in [3.63, 3.8) is 0 Å². The van der Waals surface area contributed by atoms with E-state index in [-0.39, 0.29) is 5.69 Å². The summed E-state index contributed by atoms with van der Waals surface area (Å²) in [5.41, 5.74) is 0.940. The number of nitrogens with one attached hydrogen (secondary N) is 1. The zero-order chi connectivity index (χ0) is 13.7. The summed E-state index contributed by atoms with van der Waals surface area (Å²) in [5, 5.41) is 32.6. The lowest BCUT2D eigenvalue weighted by molar-refractivity contribution is -0.393. The average Bonchev–Trinajstić information content (AvgIpc) is 2.28. The zero-order valence-corrected chi connectivity index (χ0v) is 8.64. The second-order valence-electron chi connectivity index (χ2n) is 2.92. The first kappa shape index (κ1) is 13.0. The molecular weight excluding hydrogens is 248 g/mol. The maximum absolute atomic E-state index is 10.7. The fourth-order valence-electron chi connectivity index (χ4n) is 1.04. The largest absolute Gasteiger partial charge is 0.477 e. The topological polar surface area (TPSA) is 148 Å². The van der Waals surface area contributed by atoms with E-state index in [9.17, 15) is 25.0 Å². The third kappa shape index (κ3) is 3.23. The lowest BCUT2D eigenvalue weighted by atomic mass is 10.2. The summed E-state index contributed by atoms with van der Waals surface area (Å²) < 4.78 is 0. The Labute approximate surface area is 98.8 Å². The molecule has 0 aliphatic rings. The van der Waals surface area contributed by atoms with Gasteiger partial charge in [0.15, 0.2) is 0 Å². The standard InChI is InChI=1S/C8H6N4O6/c13-8(14)4-9-10-6-2-1-5(11(15)16)3-7(6)12(17)18/h1-4,10H,(H,13,14). The van der Waals surface area contributed by atoms with Crippen LogP contribution in [0.4, 0.5) is 17.1 Å². The Hall–Kier alpha value is -3.04. The molecule has 18 heavy (non-hydrogen) atoms. The van der Waals surface area contributed by atoms with Crippen LogP contribution in [0.2, 0.25) is 0 Å². The Morgan fingerprint density at radius 1 is 1.33 bits per heavy atom. The van der Waals surface area contributed by atoms with Crippen LogP contribution in [0.3, 0.4) is 0 Å². The van der Waals surface area contributed by atoms with Gasteiger partial charge in [-0.25, -0.2) is 4.79 Å². The van der Waals surface area contributed by atoms with Crippen molar-refractivity contribution >= 4 is 29.2 Å². The number of hydrogen-bond donors (Lipinski definition) is 2. The highest BCUT2D eigenvalue weighted by Crippen LogP contribution is 2.28. The van der Waals surface area contributed by atoms with Crippen LogP contribution in [-0.2, 0) is 4.79 Å². The fraction of sp³-hybridized carbons (Fsp3) is 0. The van der Waals surface area contributed by atoms with Gasteiger partial charge in [-0.2, -0.15) is 5.10 Å². The van der Waals surface area contributed by atoms with Crippen LogP contribution in [0.5, 0.6) is 0 Å². The number of non-ortho nitro benzene ring substituents is 1. The summed E-state index contributed by atoms with van der Waals surface area (Å²) >= 11 is 0. The smallest absolute Gasteiger partial charge is 0.348 e. The SMILES string of the molecule is O=C(O)C=NNc1ccc([N+](=O)[O-])cc1[N+](=O)[O-]. The molecule has 0 saturated carbocycles. The summed E-state index contributed by atoms with van der Waals surface area (Å²) in [6, 6.07) is 2.85. The van der Waals surface area contributed by atoms with Crippen molar-refractivity contribution in [2.24, 2.45) is 5.10 Å². The van der Waals surface area contributed by atoms with Crippen molar-refractivity contribution in [2.45, 2.75) is 0 Å². The molecule has 0 bridgehead atoms. The average molecular weight is 254 g/mol. The summed E-state index contributed by atoms with van der Waals surface area (Å²) in [7, 11) is 0. The van der Waals surface area contributed by atoms with E-state index in [4.69, 9.17) is 5.11 Å². The molecule has 1 rings (SSSR count). The number of anilines is 1. The van der Waals surface area contributed by atoms with Crippen LogP contribution < -0.4 is 5.43 Å². The molecule has 0 saturated heterocycles. The van der Waals surface area contributed by atoms with Gasteiger partial charge in [-0.3, -0.25) is 25.7 Å². The number of carbonyl (C=O) groups is 1. The molecule has 0 radical (unpaired) electrons. The first-order valence-electron chi connectivity index (χ1n) is 4.36. The van der Waals surface area contributed by atoms with Gasteiger partial charge in [0, 0.05) is 6.07 Å². The minimum atomic E-state index is -1.34. The van der Waals surface area contributed by atoms with Crippen LogP contribution >= 0.6 is 0 Å². The monoisotopic (exact) mass is 254 g/mol. The lowest BCUT2D eigenvalue weighted by Gasteiger charge is -2.01. The molecule has 10 heteroatoms. The molecule has 0 aliphatic carbocycles. The van der Waals surface area contributed by atoms with Gasteiger partial charge < -0.3 is 5.11 Å². The number of hydrogen-bond acceptors (Lipinski definition) is 7. The number of rotatable bonds is 5. The van der Waals surface area contributed by atoms with Crippen LogP contribution in [0.1, 0.15) is 0 Å². The molecule has 10 nitrogen and oxygen atoms in total. The molecule has 0 aliphatic heterocycles. The molecule has 0 amide bonds. The predicted octanol–water partition coefficient (Wildman–Crippen LogP) is 0.985. The summed E-state index contributed by atoms with van der Waals surface area (Å²) in [6.45, 7) is 0. The summed E-state index contributed by atoms with van der Waals surface area (Å²) in [6.07, 6.45) is 0.491. The number of nitro groups is 2. The predicted molar refractivity (Wildman–Crippen MR) is 59.5 cm³/mol. The number of carboxylic acids is 1. The van der Waals surface area contributed by atoms with Crippen molar-refractivity contribution in [1.82, 2.24) is 0 Å². The van der Waals surface area contributed by atoms with Crippen LogP contribution in [0.25, 0.3) is 0 Å². The molecule has 0 unspecified atom stereocenters. The molecule has 94 valence electrons. The summed E-state index contributed by atoms with van der Waals surface area (Å²) in [5.74, 6) is -1.34. The van der Waals surface area contributed by atoms with E-state index in [1.165, 1.54) is 0 Å². The van der Waals surface area contributed by atoms with Crippen LogP contribution in [-0.4, -0.2) is 27.1 Å². The Bertz CT molecular complexity index is 540. The van der Waals surface area contributed by atoms with E-state index in [1.807, 2.05) is 0 Å². The molecule has 0 aromatic heterocycles. The molecule has 0 fully saturated rings. The fourth-order valence-corrected chi connectivity index (χ4v) is 1.04. The zero-order valence-electron chi connectivity index (χ0n) is 8.64. The Balaban J connectivity index is 3.08. The minimum absolute atomic E-state index is 0.150. The van der Waals surface area contributed by atoms with Crippen molar-refractivity contribution < 1.29 is 19.7 Å². The van der Waals surface area contributed by atoms with E-state index in [1.54, 1.807) is 0 Å². The van der Waals surface area contributed by atoms with Gasteiger partial charge in [-0.1, -0.05) is 0 Å². The second-order valence-corrected chi connectivity index (χ2v) is 2.92. The molecule has 0 atom stereocenters. The molecule has 0 heterocycles. The summed E-state index contributed by atoms with van der Waals surface area (Å²) in [4.78, 5) is 29.6. The Morgan fingerprint density at radius 2 is 2.00 bits per heavy atom. The van der Waals surface area contributed by atoms with E-state index in [0.29, 0.717) is 6.21 Å². The van der Waals surface area contributed by atoms with Crippen molar-refractivity contribution in [3.8, 4) is 0 Å². The number of carboxylic acid groups (broad SMARTS) is 1. The highest BCUT2D eigenvalue weighted by Gasteiger charge is 2.18. The highest BCUT2D eigenvalue weighted by atomic mass is 16.6. The van der Waals surface area contributed by atoms with E-state index in [2.05, 4.69) is 10.5 Å². The van der Waals surface area contributed by atoms with Crippen LogP contribution in [0, 0.1) is 20.2 Å². The third-order valence-corrected chi connectivity index (χ3v) is 1.75. The molecule has 0 spiro atoms. The van der Waals surface area contributed by atoms with Gasteiger partial charge in [-0.15, -0.1) is 0 Å². The van der Waals surface area contributed by atoms with Crippen molar-refractivity contribution in [1.29, 1.82) is 0 Å². The maximum Gasteiger partial charge on any atom is 0.348 e. The number of benzene rings is 1. The van der Waals surface area contributed by atoms with Gasteiger partial charge in [0.1, 0.15) is 11.9 Å². The number of nitro benzene ring substituents is 2. The maximum atomic E-state index is 10.7.